The fraction of sp³-hybridized carbons (Fsp3) is 0.700. The van der Waals surface area contributed by atoms with Crippen LogP contribution in [0.25, 0.3) is 0 Å². The van der Waals surface area contributed by atoms with Crippen LogP contribution in [0.3, 0.4) is 0 Å². The van der Waals surface area contributed by atoms with Gasteiger partial charge < -0.3 is 0 Å². The summed E-state index contributed by atoms with van der Waals surface area (Å²) < 4.78 is 53.0. The van der Waals surface area contributed by atoms with E-state index in [4.69, 9.17) is 11.6 Å². The molecule has 1 aromatic heterocycles. The SMILES string of the molecule is Cn1nc(C(F)(F)F)c(CNS(=O)C(C)(C)C)c1Cl. The summed E-state index contributed by atoms with van der Waals surface area (Å²) in [6.07, 6.45) is -4.59. The minimum atomic E-state index is -4.59. The summed E-state index contributed by atoms with van der Waals surface area (Å²) in [5.41, 5.74) is -1.26. The Hall–Kier alpha value is -0.600. The standard InChI is InChI=1S/C10H15ClF3N3OS/c1-9(2,3)19(18)15-5-6-7(10(12,13)14)16-17(4)8(6)11/h15H,5H2,1-4H3. The molecule has 1 rings (SSSR count). The monoisotopic (exact) mass is 317 g/mol. The molecule has 1 atom stereocenters. The van der Waals surface area contributed by atoms with Crippen LogP contribution in [0, 0.1) is 0 Å². The molecule has 9 heteroatoms. The number of halogens is 4. The average molecular weight is 318 g/mol. The second-order valence-electron chi connectivity index (χ2n) is 4.94. The van der Waals surface area contributed by atoms with E-state index in [1.54, 1.807) is 20.8 Å². The van der Waals surface area contributed by atoms with E-state index >= 15 is 0 Å². The lowest BCUT2D eigenvalue weighted by molar-refractivity contribution is -0.142. The van der Waals surface area contributed by atoms with Crippen LogP contribution in [0.5, 0.6) is 0 Å². The Bertz CT molecular complexity index is 493. The van der Waals surface area contributed by atoms with Crippen LogP contribution < -0.4 is 4.72 Å². The molecule has 110 valence electrons. The maximum Gasteiger partial charge on any atom is 0.435 e. The minimum absolute atomic E-state index is 0.120. The van der Waals surface area contributed by atoms with Gasteiger partial charge in [0, 0.05) is 19.2 Å². The summed E-state index contributed by atoms with van der Waals surface area (Å²) >= 11 is 5.78. The molecule has 0 saturated carbocycles. The molecule has 4 nitrogen and oxygen atoms in total. The summed E-state index contributed by atoms with van der Waals surface area (Å²) in [5, 5.41) is 3.22. The largest absolute Gasteiger partial charge is 0.435 e. The lowest BCUT2D eigenvalue weighted by Gasteiger charge is -2.18. The molecule has 0 fully saturated rings. The highest BCUT2D eigenvalue weighted by molar-refractivity contribution is 7.84. The first kappa shape index (κ1) is 16.5. The molecule has 0 saturated heterocycles. The number of alkyl halides is 3. The molecule has 0 aliphatic carbocycles. The van der Waals surface area contributed by atoms with E-state index in [0.717, 1.165) is 4.68 Å². The van der Waals surface area contributed by atoms with Gasteiger partial charge in [-0.15, -0.1) is 0 Å². The fourth-order valence-electron chi connectivity index (χ4n) is 1.29. The predicted molar refractivity (Wildman–Crippen MR) is 68.0 cm³/mol. The van der Waals surface area contributed by atoms with Gasteiger partial charge in [-0.25, -0.2) is 8.93 Å². The van der Waals surface area contributed by atoms with Crippen molar-refractivity contribution in [1.82, 2.24) is 14.5 Å². The smallest absolute Gasteiger partial charge is 0.256 e. The maximum absolute atomic E-state index is 12.8. The molecule has 1 aromatic rings. The molecule has 0 bridgehead atoms. The molecule has 0 aliphatic heterocycles. The number of nitrogens with zero attached hydrogens (tertiary/aromatic N) is 2. The van der Waals surface area contributed by atoms with Gasteiger partial charge in [0.25, 0.3) is 0 Å². The summed E-state index contributed by atoms with van der Waals surface area (Å²) in [6, 6.07) is 0. The summed E-state index contributed by atoms with van der Waals surface area (Å²) in [4.78, 5) is 0. The van der Waals surface area contributed by atoms with Crippen molar-refractivity contribution in [3.8, 4) is 0 Å². The molecule has 1 unspecified atom stereocenters. The number of hydrogen-bond acceptors (Lipinski definition) is 2. The van der Waals surface area contributed by atoms with Crippen molar-refractivity contribution in [2.45, 2.75) is 38.2 Å². The van der Waals surface area contributed by atoms with Crippen molar-refractivity contribution < 1.29 is 17.4 Å². The van der Waals surface area contributed by atoms with E-state index in [1.165, 1.54) is 7.05 Å². The average Bonchev–Trinajstić information content (AvgIpc) is 2.51. The van der Waals surface area contributed by atoms with Gasteiger partial charge in [0.15, 0.2) is 5.69 Å². The normalized spacial score (nSPS) is 14.7. The van der Waals surface area contributed by atoms with Crippen molar-refractivity contribution in [2.75, 3.05) is 0 Å². The van der Waals surface area contributed by atoms with Crippen LogP contribution in [0.1, 0.15) is 32.0 Å². The first-order valence-electron chi connectivity index (χ1n) is 5.38. The number of rotatable bonds is 3. The number of aromatic nitrogens is 2. The summed E-state index contributed by atoms with van der Waals surface area (Å²) in [7, 11) is -0.164. The van der Waals surface area contributed by atoms with E-state index in [2.05, 4.69) is 9.82 Å². The Kier molecular flexibility index (Phi) is 4.69. The third-order valence-electron chi connectivity index (χ3n) is 2.27. The molecule has 0 amide bonds. The van der Waals surface area contributed by atoms with Gasteiger partial charge >= 0.3 is 6.18 Å². The second-order valence-corrected chi connectivity index (χ2v) is 7.35. The Morgan fingerprint density at radius 3 is 2.32 bits per heavy atom. The van der Waals surface area contributed by atoms with Crippen molar-refractivity contribution in [2.24, 2.45) is 7.05 Å². The lowest BCUT2D eigenvalue weighted by atomic mass is 10.2. The molecular formula is C10H15ClF3N3OS. The number of nitrogens with one attached hydrogen (secondary N) is 1. The molecule has 1 heterocycles. The van der Waals surface area contributed by atoms with Gasteiger partial charge in [-0.3, -0.25) is 4.68 Å². The van der Waals surface area contributed by atoms with E-state index in [-0.39, 0.29) is 17.3 Å². The van der Waals surface area contributed by atoms with Crippen LogP contribution in [0.4, 0.5) is 13.2 Å². The molecule has 1 N–H and O–H groups in total. The van der Waals surface area contributed by atoms with Gasteiger partial charge in [0.05, 0.1) is 15.7 Å². The first-order valence-corrected chi connectivity index (χ1v) is 6.91. The molecule has 19 heavy (non-hydrogen) atoms. The van der Waals surface area contributed by atoms with Gasteiger partial charge in [-0.1, -0.05) is 11.6 Å². The highest BCUT2D eigenvalue weighted by Crippen LogP contribution is 2.34. The van der Waals surface area contributed by atoms with Gasteiger partial charge in [-0.2, -0.15) is 18.3 Å². The lowest BCUT2D eigenvalue weighted by Crippen LogP contribution is -2.33. The molecular weight excluding hydrogens is 303 g/mol. The fourth-order valence-corrected chi connectivity index (χ4v) is 2.19. The zero-order valence-electron chi connectivity index (χ0n) is 10.9. The van der Waals surface area contributed by atoms with Crippen molar-refractivity contribution in [3.63, 3.8) is 0 Å². The van der Waals surface area contributed by atoms with Crippen LogP contribution in [0.15, 0.2) is 0 Å². The third-order valence-corrected chi connectivity index (χ3v) is 4.27. The van der Waals surface area contributed by atoms with Gasteiger partial charge in [-0.05, 0) is 20.8 Å². The van der Waals surface area contributed by atoms with E-state index in [1.807, 2.05) is 0 Å². The molecule has 0 radical (unpaired) electrons. The quantitative estimate of drug-likeness (QED) is 0.931. The zero-order valence-corrected chi connectivity index (χ0v) is 12.5. The zero-order chi connectivity index (χ0) is 15.0. The topological polar surface area (TPSA) is 46.9 Å². The molecule has 0 aliphatic rings. The van der Waals surface area contributed by atoms with E-state index in [9.17, 15) is 17.4 Å². The number of hydrogen-bond donors (Lipinski definition) is 1. The van der Waals surface area contributed by atoms with Gasteiger partial charge in [0.2, 0.25) is 0 Å². The predicted octanol–water partition coefficient (Wildman–Crippen LogP) is 2.64. The van der Waals surface area contributed by atoms with Crippen molar-refractivity contribution in [3.05, 3.63) is 16.4 Å². The Morgan fingerprint density at radius 2 is 1.89 bits per heavy atom. The summed E-state index contributed by atoms with van der Waals surface area (Å²) in [6.45, 7) is 4.88. The van der Waals surface area contributed by atoms with E-state index in [0.29, 0.717) is 0 Å². The Morgan fingerprint density at radius 1 is 1.37 bits per heavy atom. The highest BCUT2D eigenvalue weighted by atomic mass is 35.5. The van der Waals surface area contributed by atoms with Crippen LogP contribution >= 0.6 is 11.6 Å². The molecule has 0 spiro atoms. The van der Waals surface area contributed by atoms with Crippen LogP contribution in [0.2, 0.25) is 5.15 Å². The maximum atomic E-state index is 12.8. The Balaban J connectivity index is 2.99. The van der Waals surface area contributed by atoms with Crippen LogP contribution in [-0.4, -0.2) is 18.7 Å². The highest BCUT2D eigenvalue weighted by Gasteiger charge is 2.38. The summed E-state index contributed by atoms with van der Waals surface area (Å²) in [5.74, 6) is 0. The second kappa shape index (κ2) is 5.41. The van der Waals surface area contributed by atoms with Gasteiger partial charge in [0.1, 0.15) is 5.15 Å². The number of aryl methyl sites for hydroxylation is 1. The molecule has 0 aromatic carbocycles. The van der Waals surface area contributed by atoms with E-state index < -0.39 is 27.6 Å². The van der Waals surface area contributed by atoms with Crippen LogP contribution in [-0.2, 0) is 30.8 Å². The van der Waals surface area contributed by atoms with Crippen molar-refractivity contribution >= 4 is 22.6 Å². The third kappa shape index (κ3) is 3.93. The Labute approximate surface area is 116 Å². The van der Waals surface area contributed by atoms with Crippen molar-refractivity contribution in [1.29, 1.82) is 0 Å². The first-order chi connectivity index (χ1) is 8.44. The minimum Gasteiger partial charge on any atom is -0.256 e.